The highest BCUT2D eigenvalue weighted by atomic mass is 79.9. The summed E-state index contributed by atoms with van der Waals surface area (Å²) < 4.78 is 28.0. The molecule has 106 valence electrons. The number of halogens is 3. The minimum atomic E-state index is -0.410. The van der Waals surface area contributed by atoms with Crippen molar-refractivity contribution in [3.05, 3.63) is 69.7 Å². The zero-order chi connectivity index (χ0) is 14.5. The van der Waals surface area contributed by atoms with Crippen molar-refractivity contribution in [2.45, 2.75) is 19.4 Å². The summed E-state index contributed by atoms with van der Waals surface area (Å²) >= 11 is 3.39. The maximum absolute atomic E-state index is 13.7. The second kappa shape index (κ2) is 6.95. The third-order valence-corrected chi connectivity index (χ3v) is 3.68. The van der Waals surface area contributed by atoms with Crippen molar-refractivity contribution < 1.29 is 8.78 Å². The molecule has 0 spiro atoms. The second-order valence-corrected chi connectivity index (χ2v) is 5.52. The molecule has 0 saturated carbocycles. The van der Waals surface area contributed by atoms with Gasteiger partial charge in [0.05, 0.1) is 0 Å². The van der Waals surface area contributed by atoms with Crippen LogP contribution in [0.4, 0.5) is 8.78 Å². The van der Waals surface area contributed by atoms with Crippen molar-refractivity contribution in [2.24, 2.45) is 0 Å². The van der Waals surface area contributed by atoms with Crippen LogP contribution < -0.4 is 5.32 Å². The van der Waals surface area contributed by atoms with E-state index in [0.29, 0.717) is 12.0 Å². The molecule has 2 rings (SSSR count). The summed E-state index contributed by atoms with van der Waals surface area (Å²) in [7, 11) is 0. The first-order chi connectivity index (χ1) is 9.60. The number of benzene rings is 2. The lowest BCUT2D eigenvalue weighted by atomic mass is 9.98. The Labute approximate surface area is 126 Å². The van der Waals surface area contributed by atoms with Gasteiger partial charge in [-0.1, -0.05) is 35.0 Å². The quantitative estimate of drug-likeness (QED) is 0.837. The van der Waals surface area contributed by atoms with Crippen molar-refractivity contribution in [2.75, 3.05) is 6.54 Å². The maximum Gasteiger partial charge on any atom is 0.126 e. The van der Waals surface area contributed by atoms with Crippen molar-refractivity contribution >= 4 is 15.9 Å². The van der Waals surface area contributed by atoms with Gasteiger partial charge in [-0.15, -0.1) is 0 Å². The fourth-order valence-corrected chi connectivity index (χ4v) is 2.43. The Morgan fingerprint density at radius 1 is 1.10 bits per heavy atom. The van der Waals surface area contributed by atoms with Gasteiger partial charge in [0, 0.05) is 10.5 Å². The van der Waals surface area contributed by atoms with Crippen LogP contribution in [0.3, 0.4) is 0 Å². The van der Waals surface area contributed by atoms with E-state index in [2.05, 4.69) is 21.2 Å². The molecule has 0 bridgehead atoms. The maximum atomic E-state index is 13.7. The van der Waals surface area contributed by atoms with E-state index >= 15 is 0 Å². The zero-order valence-electron chi connectivity index (χ0n) is 11.2. The van der Waals surface area contributed by atoms with Gasteiger partial charge in [-0.05, 0) is 54.4 Å². The van der Waals surface area contributed by atoms with Gasteiger partial charge < -0.3 is 5.32 Å². The van der Waals surface area contributed by atoms with Gasteiger partial charge in [0.25, 0.3) is 0 Å². The SMILES string of the molecule is CCNC(Cc1cc(F)ccc1F)c1ccc(Br)cc1. The highest BCUT2D eigenvalue weighted by Gasteiger charge is 2.14. The van der Waals surface area contributed by atoms with Crippen LogP contribution in [0.5, 0.6) is 0 Å². The average molecular weight is 340 g/mol. The van der Waals surface area contributed by atoms with Crippen LogP contribution in [-0.2, 0) is 6.42 Å². The lowest BCUT2D eigenvalue weighted by Crippen LogP contribution is -2.23. The molecule has 0 aliphatic heterocycles. The Kier molecular flexibility index (Phi) is 5.26. The molecule has 0 amide bonds. The number of likely N-dealkylation sites (N-methyl/N-ethyl adjacent to an activating group) is 1. The topological polar surface area (TPSA) is 12.0 Å². The molecule has 1 N–H and O–H groups in total. The van der Waals surface area contributed by atoms with E-state index in [-0.39, 0.29) is 11.9 Å². The first-order valence-electron chi connectivity index (χ1n) is 6.53. The Hall–Kier alpha value is -1.26. The van der Waals surface area contributed by atoms with Gasteiger partial charge in [0.1, 0.15) is 11.6 Å². The van der Waals surface area contributed by atoms with E-state index < -0.39 is 5.82 Å². The summed E-state index contributed by atoms with van der Waals surface area (Å²) in [5.74, 6) is -0.779. The van der Waals surface area contributed by atoms with Crippen LogP contribution >= 0.6 is 15.9 Å². The number of hydrogen-bond acceptors (Lipinski definition) is 1. The van der Waals surface area contributed by atoms with Crippen LogP contribution in [0.15, 0.2) is 46.9 Å². The minimum Gasteiger partial charge on any atom is -0.310 e. The van der Waals surface area contributed by atoms with Crippen molar-refractivity contribution in [3.8, 4) is 0 Å². The highest BCUT2D eigenvalue weighted by Crippen LogP contribution is 2.22. The molecule has 0 saturated heterocycles. The van der Waals surface area contributed by atoms with Gasteiger partial charge in [0.15, 0.2) is 0 Å². The smallest absolute Gasteiger partial charge is 0.126 e. The molecule has 0 radical (unpaired) electrons. The lowest BCUT2D eigenvalue weighted by Gasteiger charge is -2.19. The monoisotopic (exact) mass is 339 g/mol. The molecule has 0 aliphatic carbocycles. The molecular formula is C16H16BrF2N. The summed E-state index contributed by atoms with van der Waals surface area (Å²) in [6.07, 6.45) is 0.416. The molecule has 1 unspecified atom stereocenters. The highest BCUT2D eigenvalue weighted by molar-refractivity contribution is 9.10. The normalized spacial score (nSPS) is 12.4. The fourth-order valence-electron chi connectivity index (χ4n) is 2.17. The van der Waals surface area contributed by atoms with Crippen molar-refractivity contribution in [1.82, 2.24) is 5.32 Å². The standard InChI is InChI=1S/C16H16BrF2N/c1-2-20-16(11-3-5-13(17)6-4-11)10-12-9-14(18)7-8-15(12)19/h3-9,16,20H,2,10H2,1H3. The molecule has 1 atom stereocenters. The van der Waals surface area contributed by atoms with E-state index in [1.165, 1.54) is 12.1 Å². The van der Waals surface area contributed by atoms with Crippen LogP contribution in [0.2, 0.25) is 0 Å². The van der Waals surface area contributed by atoms with Gasteiger partial charge in [-0.25, -0.2) is 8.78 Å². The molecule has 1 nitrogen and oxygen atoms in total. The van der Waals surface area contributed by atoms with E-state index in [1.807, 2.05) is 31.2 Å². The Bertz CT molecular complexity index is 569. The molecule has 0 aliphatic rings. The summed E-state index contributed by atoms with van der Waals surface area (Å²) in [6.45, 7) is 2.76. The molecule has 4 heteroatoms. The third kappa shape index (κ3) is 3.87. The van der Waals surface area contributed by atoms with Crippen LogP contribution in [0.25, 0.3) is 0 Å². The predicted octanol–water partition coefficient (Wildman–Crippen LogP) is 4.62. The third-order valence-electron chi connectivity index (χ3n) is 3.15. The van der Waals surface area contributed by atoms with Gasteiger partial charge in [-0.2, -0.15) is 0 Å². The van der Waals surface area contributed by atoms with Gasteiger partial charge >= 0.3 is 0 Å². The van der Waals surface area contributed by atoms with E-state index in [0.717, 1.165) is 22.6 Å². The van der Waals surface area contributed by atoms with Crippen LogP contribution in [0, 0.1) is 11.6 Å². The number of rotatable bonds is 5. The van der Waals surface area contributed by atoms with Gasteiger partial charge in [-0.3, -0.25) is 0 Å². The number of hydrogen-bond donors (Lipinski definition) is 1. The summed E-state index contributed by atoms with van der Waals surface area (Å²) in [5, 5.41) is 3.31. The first kappa shape index (κ1) is 15.1. The lowest BCUT2D eigenvalue weighted by molar-refractivity contribution is 0.522. The predicted molar refractivity (Wildman–Crippen MR) is 80.6 cm³/mol. The van der Waals surface area contributed by atoms with E-state index in [1.54, 1.807) is 0 Å². The summed E-state index contributed by atoms with van der Waals surface area (Å²) in [6, 6.07) is 11.4. The molecule has 0 heterocycles. The van der Waals surface area contributed by atoms with E-state index in [4.69, 9.17) is 0 Å². The summed E-state index contributed by atoms with van der Waals surface area (Å²) in [4.78, 5) is 0. The molecule has 2 aromatic rings. The van der Waals surface area contributed by atoms with Crippen molar-refractivity contribution in [1.29, 1.82) is 0 Å². The van der Waals surface area contributed by atoms with Crippen molar-refractivity contribution in [3.63, 3.8) is 0 Å². The molecule has 20 heavy (non-hydrogen) atoms. The Morgan fingerprint density at radius 2 is 1.80 bits per heavy atom. The van der Waals surface area contributed by atoms with Crippen LogP contribution in [-0.4, -0.2) is 6.54 Å². The fraction of sp³-hybridized carbons (Fsp3) is 0.250. The number of nitrogens with one attached hydrogen (secondary N) is 1. The van der Waals surface area contributed by atoms with E-state index in [9.17, 15) is 8.78 Å². The Balaban J connectivity index is 2.25. The zero-order valence-corrected chi connectivity index (χ0v) is 12.8. The average Bonchev–Trinajstić information content (AvgIpc) is 2.43. The summed E-state index contributed by atoms with van der Waals surface area (Å²) in [5.41, 5.74) is 1.44. The first-order valence-corrected chi connectivity index (χ1v) is 7.32. The molecular weight excluding hydrogens is 324 g/mol. The van der Waals surface area contributed by atoms with Crippen LogP contribution in [0.1, 0.15) is 24.1 Å². The molecule has 0 aromatic heterocycles. The molecule has 0 fully saturated rings. The largest absolute Gasteiger partial charge is 0.310 e. The second-order valence-electron chi connectivity index (χ2n) is 4.60. The minimum absolute atomic E-state index is 0.0376. The molecule has 2 aromatic carbocycles. The van der Waals surface area contributed by atoms with Gasteiger partial charge in [0.2, 0.25) is 0 Å². The Morgan fingerprint density at radius 3 is 2.45 bits per heavy atom.